The Balaban J connectivity index is 1.71. The maximum absolute atomic E-state index is 13.7. The van der Waals surface area contributed by atoms with E-state index in [0.29, 0.717) is 31.0 Å². The Hall–Kier alpha value is -2.73. The van der Waals surface area contributed by atoms with Crippen molar-refractivity contribution >= 4 is 29.3 Å². The minimum atomic E-state index is -0.945. The van der Waals surface area contributed by atoms with E-state index in [1.807, 2.05) is 43.3 Å². The van der Waals surface area contributed by atoms with Crippen LogP contribution in [0.5, 0.6) is 5.75 Å². The van der Waals surface area contributed by atoms with Crippen LogP contribution in [0.2, 0.25) is 5.02 Å². The van der Waals surface area contributed by atoms with Gasteiger partial charge in [0.25, 0.3) is 0 Å². The van der Waals surface area contributed by atoms with E-state index >= 15 is 0 Å². The van der Waals surface area contributed by atoms with E-state index in [9.17, 15) is 14.7 Å². The zero-order chi connectivity index (χ0) is 20.8. The summed E-state index contributed by atoms with van der Waals surface area (Å²) in [4.78, 5) is 28.4. The van der Waals surface area contributed by atoms with Crippen LogP contribution in [0.25, 0.3) is 0 Å². The van der Waals surface area contributed by atoms with Gasteiger partial charge in [0, 0.05) is 23.3 Å². The molecular weight excluding hydrogens is 392 g/mol. The fourth-order valence-electron chi connectivity index (χ4n) is 4.65. The zero-order valence-electron chi connectivity index (χ0n) is 16.4. The number of carboxylic acid groups (broad SMARTS) is 1. The predicted molar refractivity (Wildman–Crippen MR) is 111 cm³/mol. The second-order valence-corrected chi connectivity index (χ2v) is 8.20. The number of fused-ring (bicyclic) bond motifs is 2. The summed E-state index contributed by atoms with van der Waals surface area (Å²) in [5.41, 5.74) is 2.01. The Morgan fingerprint density at radius 1 is 1.28 bits per heavy atom. The molecule has 2 heterocycles. The quantitative estimate of drug-likeness (QED) is 0.813. The second kappa shape index (κ2) is 7.26. The highest BCUT2D eigenvalue weighted by molar-refractivity contribution is 6.31. The van der Waals surface area contributed by atoms with E-state index in [0.717, 1.165) is 22.6 Å². The molecule has 0 saturated carbocycles. The first-order valence-electron chi connectivity index (χ1n) is 9.60. The second-order valence-electron chi connectivity index (χ2n) is 7.76. The molecule has 152 valence electrons. The molecule has 2 aromatic carbocycles. The maximum Gasteiger partial charge on any atom is 0.407 e. The van der Waals surface area contributed by atoms with Crippen LogP contribution >= 0.6 is 11.6 Å². The van der Waals surface area contributed by atoms with Crippen LogP contribution in [0.1, 0.15) is 30.9 Å². The van der Waals surface area contributed by atoms with Gasteiger partial charge in [0.15, 0.2) is 0 Å². The molecule has 0 aliphatic carbocycles. The summed E-state index contributed by atoms with van der Waals surface area (Å²) >= 11 is 6.28. The van der Waals surface area contributed by atoms with Gasteiger partial charge < -0.3 is 19.6 Å². The highest BCUT2D eigenvalue weighted by atomic mass is 35.5. The van der Waals surface area contributed by atoms with Gasteiger partial charge in [-0.3, -0.25) is 4.79 Å². The zero-order valence-corrected chi connectivity index (χ0v) is 17.1. The van der Waals surface area contributed by atoms with E-state index in [1.54, 1.807) is 18.1 Å². The van der Waals surface area contributed by atoms with Gasteiger partial charge in [0.1, 0.15) is 5.75 Å². The number of carbonyl (C=O) groups is 2. The summed E-state index contributed by atoms with van der Waals surface area (Å²) in [6, 6.07) is 12.9. The molecule has 2 atom stereocenters. The summed E-state index contributed by atoms with van der Waals surface area (Å²) in [6.45, 7) is 2.62. The minimum Gasteiger partial charge on any atom is -0.497 e. The van der Waals surface area contributed by atoms with E-state index in [-0.39, 0.29) is 11.9 Å². The molecule has 4 rings (SSSR count). The molecule has 1 spiro atoms. The Kier molecular flexibility index (Phi) is 4.90. The molecule has 1 unspecified atom stereocenters. The van der Waals surface area contributed by atoms with Crippen molar-refractivity contribution < 1.29 is 19.4 Å². The highest BCUT2D eigenvalue weighted by Crippen LogP contribution is 2.50. The third kappa shape index (κ3) is 3.21. The van der Waals surface area contributed by atoms with Crippen LogP contribution in [0.4, 0.5) is 10.5 Å². The Labute approximate surface area is 174 Å². The number of hydrogen-bond acceptors (Lipinski definition) is 3. The Bertz CT molecular complexity index is 962. The van der Waals surface area contributed by atoms with E-state index in [2.05, 4.69) is 0 Å². The van der Waals surface area contributed by atoms with E-state index in [4.69, 9.17) is 16.3 Å². The number of likely N-dealkylation sites (tertiary alicyclic amines) is 1. The van der Waals surface area contributed by atoms with Crippen LogP contribution in [0, 0.1) is 0 Å². The number of hydrogen-bond donors (Lipinski definition) is 1. The molecule has 29 heavy (non-hydrogen) atoms. The lowest BCUT2D eigenvalue weighted by atomic mass is 9.71. The topological polar surface area (TPSA) is 70.1 Å². The first-order valence-corrected chi connectivity index (χ1v) is 9.98. The lowest BCUT2D eigenvalue weighted by molar-refractivity contribution is -0.125. The van der Waals surface area contributed by atoms with Gasteiger partial charge in [-0.25, -0.2) is 4.79 Å². The third-order valence-electron chi connectivity index (χ3n) is 6.12. The summed E-state index contributed by atoms with van der Waals surface area (Å²) in [7, 11) is 1.62. The van der Waals surface area contributed by atoms with Crippen molar-refractivity contribution in [3.63, 3.8) is 0 Å². The molecule has 2 amide bonds. The lowest BCUT2D eigenvalue weighted by Gasteiger charge is -2.41. The van der Waals surface area contributed by atoms with Crippen molar-refractivity contribution in [1.82, 2.24) is 4.90 Å². The van der Waals surface area contributed by atoms with Crippen molar-refractivity contribution in [3.8, 4) is 5.75 Å². The fourth-order valence-corrected chi connectivity index (χ4v) is 4.82. The van der Waals surface area contributed by atoms with Gasteiger partial charge in [0.05, 0.1) is 19.1 Å². The molecule has 2 aliphatic heterocycles. The number of anilines is 1. The van der Waals surface area contributed by atoms with Gasteiger partial charge in [-0.15, -0.1) is 0 Å². The van der Waals surface area contributed by atoms with Gasteiger partial charge in [0.2, 0.25) is 5.91 Å². The molecule has 1 N–H and O–H groups in total. The van der Waals surface area contributed by atoms with Gasteiger partial charge >= 0.3 is 6.09 Å². The molecule has 1 saturated heterocycles. The van der Waals surface area contributed by atoms with Gasteiger partial charge in [-0.1, -0.05) is 23.7 Å². The third-order valence-corrected chi connectivity index (χ3v) is 6.36. The Morgan fingerprint density at radius 3 is 2.62 bits per heavy atom. The molecule has 6 nitrogen and oxygen atoms in total. The number of benzene rings is 2. The smallest absolute Gasteiger partial charge is 0.407 e. The summed E-state index contributed by atoms with van der Waals surface area (Å²) in [5, 5.41) is 10.0. The average molecular weight is 415 g/mol. The van der Waals surface area contributed by atoms with Crippen molar-refractivity contribution in [2.45, 2.75) is 37.8 Å². The average Bonchev–Trinajstić information content (AvgIpc) is 2.90. The molecule has 7 heteroatoms. The minimum absolute atomic E-state index is 0.0162. The molecule has 2 aliphatic rings. The monoisotopic (exact) mass is 414 g/mol. The van der Waals surface area contributed by atoms with E-state index < -0.39 is 11.5 Å². The molecular formula is C22H23ClN2O4. The summed E-state index contributed by atoms with van der Waals surface area (Å²) < 4.78 is 5.21. The molecule has 0 aromatic heterocycles. The largest absolute Gasteiger partial charge is 0.497 e. The number of halogens is 1. The summed E-state index contributed by atoms with van der Waals surface area (Å²) in [6.07, 6.45) is -0.0429. The van der Waals surface area contributed by atoms with Crippen LogP contribution < -0.4 is 9.64 Å². The number of carbonyl (C=O) groups excluding carboxylic acids is 1. The normalized spacial score (nSPS) is 23.4. The standard InChI is InChI=1S/C22H23ClN2O4/c1-14-12-22(9-10-24(14)21(27)28)18-11-16(23)5-8-19(18)25(20(22)26)13-15-3-6-17(29-2)7-4-15/h3-8,11,14H,9-10,12-13H2,1-2H3,(H,27,28)/t14-,22?/m0/s1. The van der Waals surface area contributed by atoms with Gasteiger partial charge in [-0.05, 0) is 61.2 Å². The van der Waals surface area contributed by atoms with Crippen molar-refractivity contribution in [1.29, 1.82) is 0 Å². The predicted octanol–water partition coefficient (Wildman–Crippen LogP) is 4.30. The number of methoxy groups -OCH3 is 1. The van der Waals surface area contributed by atoms with Gasteiger partial charge in [-0.2, -0.15) is 0 Å². The number of nitrogens with zero attached hydrogens (tertiary/aromatic N) is 2. The first-order chi connectivity index (χ1) is 13.9. The van der Waals surface area contributed by atoms with Crippen molar-refractivity contribution in [2.75, 3.05) is 18.6 Å². The molecule has 2 aromatic rings. The maximum atomic E-state index is 13.7. The number of ether oxygens (including phenoxy) is 1. The molecule has 0 radical (unpaired) electrons. The molecule has 0 bridgehead atoms. The number of amides is 2. The van der Waals surface area contributed by atoms with Crippen LogP contribution in [-0.2, 0) is 16.8 Å². The van der Waals surface area contributed by atoms with E-state index in [1.165, 1.54) is 4.90 Å². The number of piperidine rings is 1. The first kappa shape index (κ1) is 19.6. The lowest BCUT2D eigenvalue weighted by Crippen LogP contribution is -2.53. The van der Waals surface area contributed by atoms with Crippen LogP contribution in [0.3, 0.4) is 0 Å². The fraction of sp³-hybridized carbons (Fsp3) is 0.364. The SMILES string of the molecule is COc1ccc(CN2C(=O)C3(CCN(C(=O)O)[C@@H](C)C3)c3cc(Cl)ccc32)cc1. The van der Waals surface area contributed by atoms with Crippen molar-refractivity contribution in [3.05, 3.63) is 58.6 Å². The van der Waals surface area contributed by atoms with Crippen molar-refractivity contribution in [2.24, 2.45) is 0 Å². The highest BCUT2D eigenvalue weighted by Gasteiger charge is 2.54. The Morgan fingerprint density at radius 2 is 2.00 bits per heavy atom. The van der Waals surface area contributed by atoms with Crippen LogP contribution in [-0.4, -0.2) is 41.7 Å². The molecule has 1 fully saturated rings. The summed E-state index contributed by atoms with van der Waals surface area (Å²) in [5.74, 6) is 0.780. The number of rotatable bonds is 3. The van der Waals surface area contributed by atoms with Crippen LogP contribution in [0.15, 0.2) is 42.5 Å².